The van der Waals surface area contributed by atoms with Crippen LogP contribution in [0, 0.1) is 13.8 Å². The highest BCUT2D eigenvalue weighted by molar-refractivity contribution is 7.92. The van der Waals surface area contributed by atoms with Crippen molar-refractivity contribution in [2.45, 2.75) is 18.7 Å². The van der Waals surface area contributed by atoms with Crippen molar-refractivity contribution in [3.63, 3.8) is 0 Å². The number of methoxy groups -OCH3 is 1. The fraction of sp³-hybridized carbons (Fsp3) is 0.200. The highest BCUT2D eigenvalue weighted by Gasteiger charge is 2.17. The third-order valence-corrected chi connectivity index (χ3v) is 4.30. The molecule has 0 atom stereocenters. The van der Waals surface area contributed by atoms with Crippen LogP contribution in [0.5, 0.6) is 5.75 Å². The van der Waals surface area contributed by atoms with Crippen molar-refractivity contribution in [1.82, 2.24) is 0 Å². The number of aryl methyl sites for hydroxylation is 2. The number of anilines is 1. The molecule has 0 radical (unpaired) electrons. The average molecular weight is 291 g/mol. The predicted octanol–water partition coefficient (Wildman–Crippen LogP) is 3.11. The first-order valence-corrected chi connectivity index (χ1v) is 7.65. The summed E-state index contributed by atoms with van der Waals surface area (Å²) < 4.78 is 32.5. The molecule has 5 heteroatoms. The van der Waals surface area contributed by atoms with Crippen LogP contribution in [0.3, 0.4) is 0 Å². The van der Waals surface area contributed by atoms with Gasteiger partial charge in [0.1, 0.15) is 5.75 Å². The maximum absolute atomic E-state index is 12.3. The van der Waals surface area contributed by atoms with E-state index in [1.807, 2.05) is 19.9 Å². The zero-order chi connectivity index (χ0) is 14.8. The number of nitrogens with one attached hydrogen (secondary N) is 1. The summed E-state index contributed by atoms with van der Waals surface area (Å²) in [6.45, 7) is 3.79. The van der Waals surface area contributed by atoms with Crippen molar-refractivity contribution in [2.75, 3.05) is 11.8 Å². The molecule has 0 heterocycles. The topological polar surface area (TPSA) is 55.4 Å². The largest absolute Gasteiger partial charge is 0.494 e. The molecule has 0 amide bonds. The number of hydrogen-bond acceptors (Lipinski definition) is 3. The second-order valence-electron chi connectivity index (χ2n) is 4.58. The van der Waals surface area contributed by atoms with E-state index in [0.717, 1.165) is 11.1 Å². The van der Waals surface area contributed by atoms with Crippen LogP contribution in [-0.4, -0.2) is 15.5 Å². The molecule has 1 N–H and O–H groups in total. The minimum absolute atomic E-state index is 0.223. The zero-order valence-electron chi connectivity index (χ0n) is 11.7. The molecule has 0 unspecified atom stereocenters. The normalized spacial score (nSPS) is 11.2. The van der Waals surface area contributed by atoms with E-state index in [-0.39, 0.29) is 4.90 Å². The Balaban J connectivity index is 2.45. The van der Waals surface area contributed by atoms with E-state index in [1.165, 1.54) is 7.11 Å². The van der Waals surface area contributed by atoms with Crippen molar-refractivity contribution in [1.29, 1.82) is 0 Å². The van der Waals surface area contributed by atoms with Crippen LogP contribution in [0.2, 0.25) is 0 Å². The first kappa shape index (κ1) is 14.4. The number of sulfonamides is 1. The van der Waals surface area contributed by atoms with E-state index in [1.54, 1.807) is 36.4 Å². The molecule has 106 valence electrons. The quantitative estimate of drug-likeness (QED) is 0.941. The Morgan fingerprint density at radius 1 is 1.05 bits per heavy atom. The van der Waals surface area contributed by atoms with Gasteiger partial charge in [-0.15, -0.1) is 0 Å². The van der Waals surface area contributed by atoms with Gasteiger partial charge in [-0.05, 0) is 43.2 Å². The molecule has 0 aliphatic rings. The second kappa shape index (κ2) is 5.54. The summed E-state index contributed by atoms with van der Waals surface area (Å²) >= 11 is 0. The minimum atomic E-state index is -3.61. The predicted molar refractivity (Wildman–Crippen MR) is 79.7 cm³/mol. The Hall–Kier alpha value is -2.01. The van der Waals surface area contributed by atoms with E-state index >= 15 is 0 Å². The lowest BCUT2D eigenvalue weighted by atomic mass is 10.1. The Morgan fingerprint density at radius 2 is 1.70 bits per heavy atom. The van der Waals surface area contributed by atoms with Crippen LogP contribution in [0.1, 0.15) is 11.1 Å². The summed E-state index contributed by atoms with van der Waals surface area (Å²) in [7, 11) is -2.08. The standard InChI is InChI=1S/C15H17NO3S/c1-11-9-12(2)15(19-3)14(10-11)16-20(17,18)13-7-5-4-6-8-13/h4-10,16H,1-3H3. The fourth-order valence-corrected chi connectivity index (χ4v) is 3.18. The fourth-order valence-electron chi connectivity index (χ4n) is 2.10. The lowest BCUT2D eigenvalue weighted by Gasteiger charge is -2.14. The molecule has 2 aromatic carbocycles. The number of benzene rings is 2. The summed E-state index contributed by atoms with van der Waals surface area (Å²) in [6, 6.07) is 12.0. The van der Waals surface area contributed by atoms with E-state index in [9.17, 15) is 8.42 Å². The molecule has 0 aliphatic carbocycles. The van der Waals surface area contributed by atoms with Gasteiger partial charge in [0.25, 0.3) is 10.0 Å². The minimum Gasteiger partial charge on any atom is -0.494 e. The van der Waals surface area contributed by atoms with Crippen LogP contribution >= 0.6 is 0 Å². The third kappa shape index (κ3) is 2.93. The Bertz CT molecular complexity index is 709. The number of rotatable bonds is 4. The molecule has 0 spiro atoms. The van der Waals surface area contributed by atoms with Crippen molar-refractivity contribution >= 4 is 15.7 Å². The van der Waals surface area contributed by atoms with E-state index in [0.29, 0.717) is 11.4 Å². The number of hydrogen-bond donors (Lipinski definition) is 1. The van der Waals surface area contributed by atoms with Crippen LogP contribution < -0.4 is 9.46 Å². The van der Waals surface area contributed by atoms with Crippen molar-refractivity contribution in [3.05, 3.63) is 53.6 Å². The van der Waals surface area contributed by atoms with Gasteiger partial charge in [0, 0.05) is 0 Å². The maximum Gasteiger partial charge on any atom is 0.262 e. The van der Waals surface area contributed by atoms with E-state index < -0.39 is 10.0 Å². The van der Waals surface area contributed by atoms with Gasteiger partial charge in [-0.1, -0.05) is 24.3 Å². The van der Waals surface area contributed by atoms with Crippen LogP contribution in [0.25, 0.3) is 0 Å². The van der Waals surface area contributed by atoms with Gasteiger partial charge >= 0.3 is 0 Å². The van der Waals surface area contributed by atoms with E-state index in [2.05, 4.69) is 4.72 Å². The molecular weight excluding hydrogens is 274 g/mol. The summed E-state index contributed by atoms with van der Waals surface area (Å²) in [5.41, 5.74) is 2.31. The summed E-state index contributed by atoms with van der Waals surface area (Å²) in [6.07, 6.45) is 0. The summed E-state index contributed by atoms with van der Waals surface area (Å²) in [5.74, 6) is 0.537. The SMILES string of the molecule is COc1c(C)cc(C)cc1NS(=O)(=O)c1ccccc1. The molecular formula is C15H17NO3S. The van der Waals surface area contributed by atoms with Crippen molar-refractivity contribution in [3.8, 4) is 5.75 Å². The molecule has 0 fully saturated rings. The molecule has 0 saturated heterocycles. The highest BCUT2D eigenvalue weighted by atomic mass is 32.2. The van der Waals surface area contributed by atoms with Gasteiger partial charge in [-0.2, -0.15) is 0 Å². The molecule has 0 bridgehead atoms. The van der Waals surface area contributed by atoms with E-state index in [4.69, 9.17) is 4.74 Å². The van der Waals surface area contributed by atoms with Crippen LogP contribution in [0.4, 0.5) is 5.69 Å². The average Bonchev–Trinajstić information content (AvgIpc) is 2.39. The van der Waals surface area contributed by atoms with Gasteiger partial charge in [-0.3, -0.25) is 4.72 Å². The van der Waals surface area contributed by atoms with Gasteiger partial charge in [0.2, 0.25) is 0 Å². The van der Waals surface area contributed by atoms with Gasteiger partial charge in [0.05, 0.1) is 17.7 Å². The molecule has 0 saturated carbocycles. The lowest BCUT2D eigenvalue weighted by Crippen LogP contribution is -2.14. The Labute approximate surface area is 119 Å². The van der Waals surface area contributed by atoms with Gasteiger partial charge in [-0.25, -0.2) is 8.42 Å². The molecule has 0 aliphatic heterocycles. The molecule has 20 heavy (non-hydrogen) atoms. The Morgan fingerprint density at radius 3 is 2.30 bits per heavy atom. The maximum atomic E-state index is 12.3. The first-order valence-electron chi connectivity index (χ1n) is 6.17. The lowest BCUT2D eigenvalue weighted by molar-refractivity contribution is 0.413. The zero-order valence-corrected chi connectivity index (χ0v) is 12.5. The molecule has 2 aromatic rings. The molecule has 0 aromatic heterocycles. The second-order valence-corrected chi connectivity index (χ2v) is 6.26. The van der Waals surface area contributed by atoms with Crippen molar-refractivity contribution in [2.24, 2.45) is 0 Å². The smallest absolute Gasteiger partial charge is 0.262 e. The molecule has 2 rings (SSSR count). The van der Waals surface area contributed by atoms with Crippen LogP contribution in [0.15, 0.2) is 47.4 Å². The first-order chi connectivity index (χ1) is 9.44. The van der Waals surface area contributed by atoms with Crippen LogP contribution in [-0.2, 0) is 10.0 Å². The summed E-state index contributed by atoms with van der Waals surface area (Å²) in [4.78, 5) is 0.223. The van der Waals surface area contributed by atoms with Gasteiger partial charge in [0.15, 0.2) is 0 Å². The molecule has 4 nitrogen and oxygen atoms in total. The van der Waals surface area contributed by atoms with Crippen molar-refractivity contribution < 1.29 is 13.2 Å². The third-order valence-electron chi connectivity index (χ3n) is 2.92. The summed E-state index contributed by atoms with van der Waals surface area (Å²) in [5, 5.41) is 0. The van der Waals surface area contributed by atoms with Gasteiger partial charge < -0.3 is 4.74 Å². The highest BCUT2D eigenvalue weighted by Crippen LogP contribution is 2.31. The monoisotopic (exact) mass is 291 g/mol. The number of ether oxygens (including phenoxy) is 1. The Kier molecular flexibility index (Phi) is 3.99.